The smallest absolute Gasteiger partial charge is 0.306 e. The van der Waals surface area contributed by atoms with Crippen LogP contribution >= 0.6 is 0 Å². The fourth-order valence-electron chi connectivity index (χ4n) is 13.3. The maximum atomic E-state index is 14.5. The molecular weight excluding hydrogens is 788 g/mol. The zero-order chi connectivity index (χ0) is 43.9. The second kappa shape index (κ2) is 16.9. The van der Waals surface area contributed by atoms with Crippen molar-refractivity contribution in [3.63, 3.8) is 0 Å². The summed E-state index contributed by atoms with van der Waals surface area (Å²) < 4.78 is 35.3. The molecule has 7 rings (SSSR count). The number of carbonyl (C=O) groups excluding carboxylic acids is 3. The summed E-state index contributed by atoms with van der Waals surface area (Å²) >= 11 is 0. The van der Waals surface area contributed by atoms with E-state index in [4.69, 9.17) is 28.4 Å². The van der Waals surface area contributed by atoms with Gasteiger partial charge in [0.2, 0.25) is 0 Å². The molecule has 0 bridgehead atoms. The maximum Gasteiger partial charge on any atom is 0.306 e. The Labute approximate surface area is 351 Å². The van der Waals surface area contributed by atoms with Gasteiger partial charge in [-0.05, 0) is 101 Å². The van der Waals surface area contributed by atoms with Crippen molar-refractivity contribution in [1.82, 2.24) is 0 Å². The number of fused-ring (bicyclic) bond motifs is 5. The van der Waals surface area contributed by atoms with Gasteiger partial charge >= 0.3 is 11.9 Å². The zero-order valence-corrected chi connectivity index (χ0v) is 35.6. The Bertz CT molecular complexity index is 1590. The molecule has 342 valence electrons. The highest BCUT2D eigenvalue weighted by atomic mass is 16.8. The number of rotatable bonds is 11. The van der Waals surface area contributed by atoms with Crippen molar-refractivity contribution in [3.8, 4) is 0 Å². The molecule has 3 aliphatic heterocycles. The molecule has 7 fully saturated rings. The van der Waals surface area contributed by atoms with E-state index in [1.54, 1.807) is 0 Å². The maximum absolute atomic E-state index is 14.5. The van der Waals surface area contributed by atoms with E-state index in [9.17, 15) is 55.2 Å². The van der Waals surface area contributed by atoms with Crippen LogP contribution in [0.5, 0.6) is 0 Å². The third kappa shape index (κ3) is 8.10. The number of hydrogen-bond donors (Lipinski definition) is 8. The molecule has 0 aromatic rings. The average Bonchev–Trinajstić information content (AvgIpc) is 3.63. The van der Waals surface area contributed by atoms with E-state index in [0.29, 0.717) is 44.9 Å². The van der Waals surface area contributed by atoms with E-state index in [1.165, 1.54) is 6.92 Å². The lowest BCUT2D eigenvalue weighted by atomic mass is 9.44. The van der Waals surface area contributed by atoms with Gasteiger partial charge in [0.15, 0.2) is 12.6 Å². The number of ketones is 1. The van der Waals surface area contributed by atoms with E-state index < -0.39 is 121 Å². The van der Waals surface area contributed by atoms with Gasteiger partial charge in [-0.25, -0.2) is 0 Å². The predicted octanol–water partition coefficient (Wildman–Crippen LogP) is 0.248. The molecule has 8 N–H and O–H groups in total. The van der Waals surface area contributed by atoms with Crippen molar-refractivity contribution in [2.45, 2.75) is 191 Å². The zero-order valence-electron chi connectivity index (χ0n) is 35.6. The number of aliphatic hydroxyl groups is 8. The Morgan fingerprint density at radius 2 is 1.43 bits per heavy atom. The topological polar surface area (TPSA) is 268 Å². The molecule has 4 aliphatic carbocycles. The summed E-state index contributed by atoms with van der Waals surface area (Å²) in [5.74, 6) is -1.26. The van der Waals surface area contributed by atoms with E-state index in [1.807, 2.05) is 20.8 Å². The minimum absolute atomic E-state index is 0.0000918. The van der Waals surface area contributed by atoms with Gasteiger partial charge in [-0.3, -0.25) is 14.4 Å². The second-order valence-corrected chi connectivity index (χ2v) is 20.4. The molecule has 4 saturated carbocycles. The number of aliphatic hydroxyl groups excluding tert-OH is 7. The third-order valence-electron chi connectivity index (χ3n) is 16.5. The molecule has 21 unspecified atom stereocenters. The summed E-state index contributed by atoms with van der Waals surface area (Å²) in [6, 6.07) is 0. The highest BCUT2D eigenvalue weighted by Crippen LogP contribution is 2.69. The van der Waals surface area contributed by atoms with Crippen LogP contribution in [-0.4, -0.2) is 157 Å². The predicted molar refractivity (Wildman–Crippen MR) is 206 cm³/mol. The molecule has 17 nitrogen and oxygen atoms in total. The van der Waals surface area contributed by atoms with Crippen molar-refractivity contribution >= 4 is 17.7 Å². The Hall–Kier alpha value is -1.87. The lowest BCUT2D eigenvalue weighted by Gasteiger charge is -2.61. The minimum atomic E-state index is -1.80. The largest absolute Gasteiger partial charge is 0.462 e. The van der Waals surface area contributed by atoms with Crippen LogP contribution in [-0.2, 0) is 42.8 Å². The van der Waals surface area contributed by atoms with Gasteiger partial charge in [0.1, 0.15) is 66.3 Å². The number of hydrogen-bond acceptors (Lipinski definition) is 17. The molecule has 3 heterocycles. The van der Waals surface area contributed by atoms with Crippen LogP contribution in [0.3, 0.4) is 0 Å². The molecule has 7 aliphatic rings. The lowest BCUT2D eigenvalue weighted by Crippen LogP contribution is -2.65. The van der Waals surface area contributed by atoms with Crippen LogP contribution in [0, 0.1) is 46.3 Å². The first kappa shape index (κ1) is 46.1. The number of ether oxygens (including phenoxy) is 6. The molecule has 0 radical (unpaired) electrons. The van der Waals surface area contributed by atoms with Crippen molar-refractivity contribution in [1.29, 1.82) is 0 Å². The normalized spacial score (nSPS) is 49.9. The Morgan fingerprint density at radius 1 is 0.800 bits per heavy atom. The van der Waals surface area contributed by atoms with Gasteiger partial charge in [-0.15, -0.1) is 0 Å². The molecule has 0 amide bonds. The number of cyclic esters (lactones) is 1. The fourth-order valence-corrected chi connectivity index (χ4v) is 13.3. The lowest BCUT2D eigenvalue weighted by molar-refractivity contribution is -0.373. The molecule has 0 spiro atoms. The van der Waals surface area contributed by atoms with Crippen molar-refractivity contribution in [2.75, 3.05) is 13.2 Å². The second-order valence-electron chi connectivity index (χ2n) is 20.4. The van der Waals surface area contributed by atoms with Gasteiger partial charge in [0, 0.05) is 31.1 Å². The summed E-state index contributed by atoms with van der Waals surface area (Å²) in [4.78, 5) is 39.2. The van der Waals surface area contributed by atoms with E-state index in [-0.39, 0.29) is 47.8 Å². The minimum Gasteiger partial charge on any atom is -0.462 e. The molecule has 21 atom stereocenters. The Balaban J connectivity index is 1.07. The molecule has 3 saturated heterocycles. The first-order valence-electron chi connectivity index (χ1n) is 21.9. The van der Waals surface area contributed by atoms with Crippen LogP contribution in [0.2, 0.25) is 0 Å². The van der Waals surface area contributed by atoms with Crippen LogP contribution < -0.4 is 0 Å². The van der Waals surface area contributed by atoms with E-state index in [0.717, 1.165) is 12.8 Å². The van der Waals surface area contributed by atoms with E-state index >= 15 is 0 Å². The summed E-state index contributed by atoms with van der Waals surface area (Å²) in [7, 11) is 0. The van der Waals surface area contributed by atoms with Gasteiger partial charge in [0.25, 0.3) is 0 Å². The quantitative estimate of drug-likeness (QED) is 0.102. The van der Waals surface area contributed by atoms with Gasteiger partial charge in [0.05, 0.1) is 31.3 Å². The van der Waals surface area contributed by atoms with Crippen molar-refractivity contribution in [3.05, 3.63) is 0 Å². The van der Waals surface area contributed by atoms with Crippen LogP contribution in [0.25, 0.3) is 0 Å². The van der Waals surface area contributed by atoms with Crippen molar-refractivity contribution < 1.29 is 83.7 Å². The number of esters is 2. The van der Waals surface area contributed by atoms with Crippen LogP contribution in [0.4, 0.5) is 0 Å². The Kier molecular flexibility index (Phi) is 13.0. The summed E-state index contributed by atoms with van der Waals surface area (Å²) in [5.41, 5.74) is -2.71. The summed E-state index contributed by atoms with van der Waals surface area (Å²) in [6.07, 6.45) is -11.7. The average molecular weight is 857 g/mol. The standard InChI is InChI=1S/C43H68O17/c1-19(46)55-27-16-24-22-15-26(47)25-14-21(56-39-36(34(52)32(50)29(18-45)58-39)59-38-35(53)33(51)31(49)28(17-44)57-38)8-10-41(25,4)23(22)9-11-42(24,5)37(27)43(6,54)12-7-20-13-30(48)60-40(20,2)3/h20-25,27-29,31-39,44-45,49-54H,7-18H2,1-6H3. The SMILES string of the molecule is CC(=O)OC1CC2C3CC(=O)C4CC(OC5OC(CO)C(O)C(O)C5OC5OC(CO)C(O)C(O)C5O)CCC4(C)C3CCC2(C)C1C(C)(O)CCC1CC(=O)OC1(C)C. The Morgan fingerprint density at radius 3 is 2.05 bits per heavy atom. The third-order valence-corrected chi connectivity index (χ3v) is 16.5. The summed E-state index contributed by atoms with van der Waals surface area (Å²) in [6.45, 7) is 9.97. The van der Waals surface area contributed by atoms with Gasteiger partial charge in [-0.2, -0.15) is 0 Å². The van der Waals surface area contributed by atoms with E-state index in [2.05, 4.69) is 13.8 Å². The molecular formula is C43H68O17. The molecule has 0 aromatic carbocycles. The summed E-state index contributed by atoms with van der Waals surface area (Å²) in [5, 5.41) is 85.2. The van der Waals surface area contributed by atoms with Crippen LogP contribution in [0.1, 0.15) is 106 Å². The molecule has 0 aromatic heterocycles. The number of carbonyl (C=O) groups is 3. The first-order valence-corrected chi connectivity index (χ1v) is 21.9. The molecule has 17 heteroatoms. The first-order chi connectivity index (χ1) is 28.1. The van der Waals surface area contributed by atoms with Crippen molar-refractivity contribution in [2.24, 2.45) is 46.3 Å². The number of Topliss-reactive ketones (excluding diaryl/α,β-unsaturated/α-hetero) is 1. The highest BCUT2D eigenvalue weighted by Gasteiger charge is 2.67. The molecule has 60 heavy (non-hydrogen) atoms. The fraction of sp³-hybridized carbons (Fsp3) is 0.930. The monoisotopic (exact) mass is 856 g/mol. The van der Waals surface area contributed by atoms with Crippen LogP contribution in [0.15, 0.2) is 0 Å². The van der Waals surface area contributed by atoms with Gasteiger partial charge in [-0.1, -0.05) is 13.8 Å². The highest BCUT2D eigenvalue weighted by molar-refractivity contribution is 5.83. The van der Waals surface area contributed by atoms with Gasteiger partial charge < -0.3 is 69.3 Å².